The molecule has 0 aliphatic heterocycles. The summed E-state index contributed by atoms with van der Waals surface area (Å²) in [5.41, 5.74) is 0. The van der Waals surface area contributed by atoms with Crippen molar-refractivity contribution in [2.45, 2.75) is 25.7 Å². The van der Waals surface area contributed by atoms with Crippen molar-refractivity contribution >= 4 is 22.7 Å². The van der Waals surface area contributed by atoms with Gasteiger partial charge >= 0.3 is 0 Å². The van der Waals surface area contributed by atoms with Gasteiger partial charge in [-0.1, -0.05) is 32.9 Å². The third-order valence-corrected chi connectivity index (χ3v) is 4.88. The lowest BCUT2D eigenvalue weighted by atomic mass is 10.2. The number of unbranched alkanes of at least 4 members (excludes halogenated alkanes) is 1. The molecule has 0 bridgehead atoms. The Morgan fingerprint density at radius 3 is 1.64 bits per heavy atom. The van der Waals surface area contributed by atoms with E-state index in [4.69, 9.17) is 0 Å². The maximum Gasteiger partial charge on any atom is 0.231 e. The summed E-state index contributed by atoms with van der Waals surface area (Å²) < 4.78 is 3.09. The van der Waals surface area contributed by atoms with Gasteiger partial charge in [-0.25, -0.2) is 9.36 Å². The first-order valence-electron chi connectivity index (χ1n) is 6.42. The molecule has 0 saturated heterocycles. The van der Waals surface area contributed by atoms with E-state index in [9.17, 15) is 9.81 Å². The topological polar surface area (TPSA) is 119 Å². The van der Waals surface area contributed by atoms with Crippen molar-refractivity contribution in [3.8, 4) is 0 Å². The molecule has 0 unspecified atom stereocenters. The fraction of sp³-hybridized carbons (Fsp3) is 0.600. The molecule has 0 saturated carbocycles. The summed E-state index contributed by atoms with van der Waals surface area (Å²) in [6, 6.07) is 0. The summed E-state index contributed by atoms with van der Waals surface area (Å²) in [6.45, 7) is 0. The summed E-state index contributed by atoms with van der Waals surface area (Å²) in [7, 11) is 3.46. The molecule has 0 aliphatic carbocycles. The minimum atomic E-state index is 0.490. The van der Waals surface area contributed by atoms with E-state index in [1.54, 1.807) is 23.5 Å². The molecule has 2 heterocycles. The van der Waals surface area contributed by atoms with Crippen LogP contribution in [0.25, 0.3) is 0 Å². The Bertz CT molecular complexity index is 717. The van der Waals surface area contributed by atoms with Crippen molar-refractivity contribution in [1.29, 1.82) is 0 Å². The number of hydrogen-bond donors (Lipinski definition) is 0. The molecular formula is C10H14N8O2S2. The second-order valence-corrected chi connectivity index (χ2v) is 6.46. The fourth-order valence-corrected chi connectivity index (χ4v) is 3.53. The fourth-order valence-electron chi connectivity index (χ4n) is 1.80. The van der Waals surface area contributed by atoms with Gasteiger partial charge in [0.2, 0.25) is 9.60 Å². The minimum absolute atomic E-state index is 0.490. The van der Waals surface area contributed by atoms with Gasteiger partial charge in [-0.2, -0.15) is 10.2 Å². The van der Waals surface area contributed by atoms with Gasteiger partial charge in [-0.3, -0.25) is 0 Å². The molecule has 22 heavy (non-hydrogen) atoms. The third-order valence-electron chi connectivity index (χ3n) is 2.78. The molecule has 118 valence electrons. The summed E-state index contributed by atoms with van der Waals surface area (Å²) in [4.78, 5) is 21.3. The number of aryl methyl sites for hydroxylation is 4. The van der Waals surface area contributed by atoms with Crippen LogP contribution in [0.5, 0.6) is 0 Å². The maximum absolute atomic E-state index is 10.1. The van der Waals surface area contributed by atoms with Crippen molar-refractivity contribution in [3.63, 3.8) is 0 Å². The zero-order valence-corrected chi connectivity index (χ0v) is 13.7. The van der Waals surface area contributed by atoms with E-state index >= 15 is 0 Å². The van der Waals surface area contributed by atoms with E-state index < -0.39 is 0 Å². The van der Waals surface area contributed by atoms with Crippen LogP contribution in [0, 0.1) is 9.81 Å². The second-order valence-electron chi connectivity index (χ2n) is 4.37. The van der Waals surface area contributed by atoms with Crippen LogP contribution in [0.15, 0.2) is 20.8 Å². The number of aromatic nitrogens is 4. The highest BCUT2D eigenvalue weighted by molar-refractivity contribution is 7.09. The van der Waals surface area contributed by atoms with Gasteiger partial charge in [-0.05, 0) is 12.8 Å². The Labute approximate surface area is 132 Å². The van der Waals surface area contributed by atoms with Crippen LogP contribution < -0.4 is 9.60 Å². The van der Waals surface area contributed by atoms with Gasteiger partial charge in [0.25, 0.3) is 0 Å². The quantitative estimate of drug-likeness (QED) is 0.423. The SMILES string of the molecule is Cn1nc(CCCCc2nn(C)/c(=N\N=O)s2)s/c1=N/N=O. The molecule has 12 heteroatoms. The molecule has 0 N–H and O–H groups in total. The van der Waals surface area contributed by atoms with Crippen molar-refractivity contribution in [2.75, 3.05) is 0 Å². The molecule has 0 fully saturated rings. The summed E-state index contributed by atoms with van der Waals surface area (Å²) in [5.74, 6) is 0. The third kappa shape index (κ3) is 4.21. The van der Waals surface area contributed by atoms with Crippen LogP contribution in [0.1, 0.15) is 22.9 Å². The minimum Gasteiger partial charge on any atom is -0.240 e. The largest absolute Gasteiger partial charge is 0.240 e. The first kappa shape index (κ1) is 16.3. The molecule has 0 radical (unpaired) electrons. The molecule has 2 aromatic rings. The van der Waals surface area contributed by atoms with Gasteiger partial charge in [0, 0.05) is 26.9 Å². The summed E-state index contributed by atoms with van der Waals surface area (Å²) in [6.07, 6.45) is 3.47. The summed E-state index contributed by atoms with van der Waals surface area (Å²) >= 11 is 2.71. The molecular weight excluding hydrogens is 328 g/mol. The number of rotatable bonds is 7. The maximum atomic E-state index is 10.1. The first-order chi connectivity index (χ1) is 10.6. The van der Waals surface area contributed by atoms with E-state index in [2.05, 4.69) is 31.0 Å². The second kappa shape index (κ2) is 7.79. The lowest BCUT2D eigenvalue weighted by Gasteiger charge is -1.95. The van der Waals surface area contributed by atoms with Crippen LogP contribution in [0.2, 0.25) is 0 Å². The van der Waals surface area contributed by atoms with Gasteiger partial charge in [0.15, 0.2) is 0 Å². The highest BCUT2D eigenvalue weighted by Crippen LogP contribution is 2.09. The molecule has 2 aromatic heterocycles. The first-order valence-corrected chi connectivity index (χ1v) is 8.06. The van der Waals surface area contributed by atoms with Crippen LogP contribution >= 0.6 is 22.7 Å². The van der Waals surface area contributed by atoms with Crippen LogP contribution in [-0.2, 0) is 26.9 Å². The molecule has 0 amide bonds. The Hall–Kier alpha value is -2.08. The van der Waals surface area contributed by atoms with Crippen LogP contribution in [0.3, 0.4) is 0 Å². The number of nitrogens with zero attached hydrogens (tertiary/aromatic N) is 8. The van der Waals surface area contributed by atoms with E-state index in [0.29, 0.717) is 9.60 Å². The zero-order valence-electron chi connectivity index (χ0n) is 12.0. The Morgan fingerprint density at radius 1 is 0.864 bits per heavy atom. The smallest absolute Gasteiger partial charge is 0.231 e. The molecule has 2 rings (SSSR count). The molecule has 10 nitrogen and oxygen atoms in total. The lowest BCUT2D eigenvalue weighted by Crippen LogP contribution is -2.10. The Balaban J connectivity index is 1.87. The monoisotopic (exact) mass is 342 g/mol. The van der Waals surface area contributed by atoms with Crippen molar-refractivity contribution in [2.24, 2.45) is 34.9 Å². The number of nitroso groups, excluding NO2 is 2. The average Bonchev–Trinajstić information content (AvgIpc) is 3.00. The predicted octanol–water partition coefficient (Wildman–Crippen LogP) is 1.01. The zero-order chi connectivity index (χ0) is 15.9. The molecule has 0 aromatic carbocycles. The highest BCUT2D eigenvalue weighted by Gasteiger charge is 2.05. The molecule has 0 atom stereocenters. The van der Waals surface area contributed by atoms with Gasteiger partial charge in [0.05, 0.1) is 10.6 Å². The van der Waals surface area contributed by atoms with E-state index in [1.807, 2.05) is 0 Å². The normalized spacial score (nSPS) is 12.8. The highest BCUT2D eigenvalue weighted by atomic mass is 32.1. The van der Waals surface area contributed by atoms with E-state index in [0.717, 1.165) is 35.7 Å². The van der Waals surface area contributed by atoms with Crippen LogP contribution in [-0.4, -0.2) is 19.6 Å². The predicted molar refractivity (Wildman–Crippen MR) is 81.5 cm³/mol. The average molecular weight is 342 g/mol. The van der Waals surface area contributed by atoms with Gasteiger partial charge in [0.1, 0.15) is 10.0 Å². The standard InChI is InChI=1S/C10H14N8O2S2/c1-17-9(11-15-19)21-7(13-17)5-3-4-6-8-14-18(2)10(22-8)12-16-20/h3-6H2,1-2H3/b11-9+,12-10+. The van der Waals surface area contributed by atoms with Crippen molar-refractivity contribution in [3.05, 3.63) is 29.4 Å². The Kier molecular flexibility index (Phi) is 5.77. The lowest BCUT2D eigenvalue weighted by molar-refractivity contribution is 0.659. The summed E-state index contributed by atoms with van der Waals surface area (Å²) in [5, 5.41) is 22.4. The van der Waals surface area contributed by atoms with E-state index in [1.165, 1.54) is 22.7 Å². The van der Waals surface area contributed by atoms with Crippen molar-refractivity contribution in [1.82, 2.24) is 19.6 Å². The van der Waals surface area contributed by atoms with Crippen LogP contribution in [0.4, 0.5) is 0 Å². The van der Waals surface area contributed by atoms with Gasteiger partial charge < -0.3 is 0 Å². The van der Waals surface area contributed by atoms with Crippen molar-refractivity contribution < 1.29 is 0 Å². The molecule has 0 spiro atoms. The van der Waals surface area contributed by atoms with Gasteiger partial charge in [-0.15, -0.1) is 9.81 Å². The Morgan fingerprint density at radius 2 is 1.27 bits per heavy atom. The number of hydrogen-bond acceptors (Lipinski definition) is 8. The molecule has 0 aliphatic rings. The van der Waals surface area contributed by atoms with E-state index in [-0.39, 0.29) is 0 Å².